The number of hydrogen-bond acceptors (Lipinski definition) is 14. The highest BCUT2D eigenvalue weighted by atomic mass is 35.5. The van der Waals surface area contributed by atoms with Crippen molar-refractivity contribution in [2.24, 2.45) is 0 Å². The van der Waals surface area contributed by atoms with Crippen molar-refractivity contribution >= 4 is 0 Å². The van der Waals surface area contributed by atoms with Crippen molar-refractivity contribution in [2.75, 3.05) is 119 Å². The highest BCUT2D eigenvalue weighted by Gasteiger charge is 2.30. The van der Waals surface area contributed by atoms with E-state index >= 15 is 0 Å². The van der Waals surface area contributed by atoms with E-state index in [9.17, 15) is 10.2 Å². The normalized spacial score (nSPS) is 15.8. The highest BCUT2D eigenvalue weighted by Crippen LogP contribution is 2.44. The van der Waals surface area contributed by atoms with Crippen LogP contribution in [0.5, 0.6) is 46.0 Å². The zero-order valence-electron chi connectivity index (χ0n) is 70.1. The second-order valence-corrected chi connectivity index (χ2v) is 33.5. The van der Waals surface area contributed by atoms with E-state index in [4.69, 9.17) is 56.8 Å². The Morgan fingerprint density at radius 1 is 0.259 bits per heavy atom. The first-order valence-corrected chi connectivity index (χ1v) is 40.2. The van der Waals surface area contributed by atoms with Gasteiger partial charge in [0.25, 0.3) is 0 Å². The van der Waals surface area contributed by atoms with E-state index in [0.717, 1.165) is 118 Å². The van der Waals surface area contributed by atoms with Gasteiger partial charge in [-0.15, -0.1) is 0 Å². The molecule has 0 amide bonds. The summed E-state index contributed by atoms with van der Waals surface area (Å²) in [6.45, 7) is 39.0. The molecule has 0 radical (unpaired) electrons. The topological polar surface area (TPSA) is 167 Å². The summed E-state index contributed by atoms with van der Waals surface area (Å²) in [5.74, 6) is 5.33. The van der Waals surface area contributed by atoms with E-state index in [1.807, 2.05) is 48.5 Å². The van der Waals surface area contributed by atoms with Crippen LogP contribution in [-0.2, 0) is 102 Å². The minimum atomic E-state index is -0.192. The van der Waals surface area contributed by atoms with Gasteiger partial charge in [-0.1, -0.05) is 150 Å². The van der Waals surface area contributed by atoms with E-state index in [-0.39, 0.29) is 71.3 Å². The molecule has 1 aliphatic carbocycles. The molecule has 22 heteroatoms. The molecule has 0 spiro atoms. The van der Waals surface area contributed by atoms with Gasteiger partial charge in [0.2, 0.25) is 49.6 Å². The van der Waals surface area contributed by atoms with Crippen LogP contribution in [-0.4, -0.2) is 129 Å². The molecule has 12 heterocycles. The van der Waals surface area contributed by atoms with Crippen LogP contribution in [0.3, 0.4) is 0 Å². The van der Waals surface area contributed by atoms with Crippen LogP contribution < -0.4 is 96.3 Å². The molecule has 0 atom stereocenters. The number of phenols is 2. The highest BCUT2D eigenvalue weighted by molar-refractivity contribution is 5.60. The molecule has 11 aliphatic rings. The summed E-state index contributed by atoms with van der Waals surface area (Å²) < 4.78 is 79.0. The Bertz CT molecular complexity index is 4030. The third-order valence-electron chi connectivity index (χ3n) is 20.3. The molecule has 0 unspecified atom stereocenters. The lowest BCUT2D eigenvalue weighted by molar-refractivity contribution is -0.747. The zero-order valence-corrected chi connectivity index (χ0v) is 73.1. The summed E-state index contributed by atoms with van der Waals surface area (Å²) in [6, 6.07) is 41.9. The van der Waals surface area contributed by atoms with Gasteiger partial charge < -0.3 is 117 Å². The molecule has 9 aromatic rings. The summed E-state index contributed by atoms with van der Waals surface area (Å²) in [7, 11) is 0. The van der Waals surface area contributed by atoms with Crippen molar-refractivity contribution in [3.05, 3.63) is 249 Å². The van der Waals surface area contributed by atoms with Crippen LogP contribution in [0.25, 0.3) is 0 Å². The number of halogens is 4. The molecule has 2 N–H and O–H groups in total. The van der Waals surface area contributed by atoms with Crippen molar-refractivity contribution in [3.8, 4) is 46.0 Å². The lowest BCUT2D eigenvalue weighted by Gasteiger charge is -2.28. The lowest BCUT2D eigenvalue weighted by atomic mass is 9.79. The maximum atomic E-state index is 12.8. The van der Waals surface area contributed by atoms with Gasteiger partial charge in [-0.25, -0.2) is 0 Å². The Morgan fingerprint density at radius 3 is 0.724 bits per heavy atom. The Balaban J connectivity index is 0.000000376. The number of benzene rings is 7. The largest absolute Gasteiger partial charge is 1.00 e. The quantitative estimate of drug-likeness (QED) is 0.213. The Labute approximate surface area is 713 Å². The number of phenolic OH excluding ortho intramolecular Hbond substituents is 2. The average Bonchev–Trinajstić information content (AvgIpc) is 0.764. The molecule has 116 heavy (non-hydrogen) atoms. The van der Waals surface area contributed by atoms with Crippen molar-refractivity contribution < 1.29 is 135 Å². The molecule has 0 saturated heterocycles. The fourth-order valence-electron chi connectivity index (χ4n) is 13.7. The second kappa shape index (κ2) is 45.8. The molecular formula is C94H122Cl4N4O14. The number of aryl methyl sites for hydroxylation is 2. The van der Waals surface area contributed by atoms with E-state index in [1.54, 1.807) is 0 Å². The van der Waals surface area contributed by atoms with Crippen LogP contribution in [0.4, 0.5) is 0 Å². The summed E-state index contributed by atoms with van der Waals surface area (Å²) in [4.78, 5) is 0. The number of ether oxygens (including phenoxy) is 12. The van der Waals surface area contributed by atoms with Gasteiger partial charge in [0.05, 0.1) is 92.5 Å². The fraction of sp³-hybridized carbons (Fsp3) is 0.468. The molecular weight excluding hydrogens is 1550 g/mol. The van der Waals surface area contributed by atoms with Crippen LogP contribution in [0, 0.1) is 0 Å². The number of rotatable bonds is 0. The molecule has 20 bridgehead atoms. The van der Waals surface area contributed by atoms with Crippen molar-refractivity contribution in [3.63, 3.8) is 0 Å². The van der Waals surface area contributed by atoms with E-state index < -0.39 is 0 Å². The Morgan fingerprint density at radius 2 is 0.483 bits per heavy atom. The zero-order chi connectivity index (χ0) is 79.1. The molecule has 10 aliphatic heterocycles. The van der Waals surface area contributed by atoms with Gasteiger partial charge in [0.15, 0.2) is 26.2 Å². The minimum Gasteiger partial charge on any atom is -1.00 e. The second-order valence-electron chi connectivity index (χ2n) is 33.5. The first-order chi connectivity index (χ1) is 53.8. The molecule has 0 saturated carbocycles. The molecule has 18 nitrogen and oxygen atoms in total. The summed E-state index contributed by atoms with van der Waals surface area (Å²) >= 11 is 0. The number of aromatic hydroxyl groups is 2. The van der Waals surface area contributed by atoms with Crippen molar-refractivity contribution in [1.82, 2.24) is 0 Å². The van der Waals surface area contributed by atoms with Crippen LogP contribution in [0.15, 0.2) is 171 Å². The van der Waals surface area contributed by atoms with E-state index in [1.165, 1.54) is 33.4 Å². The number of aromatic nitrogens is 4. The monoisotopic (exact) mass is 1670 g/mol. The summed E-state index contributed by atoms with van der Waals surface area (Å²) in [5, 5.41) is 25.6. The summed E-state index contributed by atoms with van der Waals surface area (Å²) in [6.07, 6.45) is 20.7. The van der Waals surface area contributed by atoms with Crippen molar-refractivity contribution in [2.45, 2.75) is 169 Å². The maximum absolute atomic E-state index is 12.8. The summed E-state index contributed by atoms with van der Waals surface area (Å²) in [5.41, 5.74) is 14.1. The van der Waals surface area contributed by atoms with E-state index in [2.05, 4.69) is 224 Å². The molecule has 630 valence electrons. The van der Waals surface area contributed by atoms with Gasteiger partial charge in [-0.2, -0.15) is 18.3 Å². The molecule has 2 aromatic heterocycles. The number of hydrogen-bond donors (Lipinski definition) is 2. The molecule has 7 aromatic carbocycles. The third kappa shape index (κ3) is 29.2. The van der Waals surface area contributed by atoms with Gasteiger partial charge >= 0.3 is 0 Å². The predicted molar refractivity (Wildman–Crippen MR) is 433 cm³/mol. The number of nitrogens with zero attached hydrogens (tertiary/aromatic N) is 4. The van der Waals surface area contributed by atoms with E-state index in [0.29, 0.717) is 156 Å². The maximum Gasteiger partial charge on any atom is 0.233 e. The van der Waals surface area contributed by atoms with Gasteiger partial charge in [0.1, 0.15) is 72.4 Å². The predicted octanol–water partition coefficient (Wildman–Crippen LogP) is 2.49. The third-order valence-corrected chi connectivity index (χ3v) is 20.3. The van der Waals surface area contributed by atoms with Gasteiger partial charge in [-0.3, -0.25) is 0 Å². The molecule has 0 fully saturated rings. The Kier molecular flexibility index (Phi) is 37.6. The standard InChI is InChI=1S/C66H80N4O4.C28H40O10.4ClH/c1-63(2,3)55-35-47-31-51-39-57(65(7,8)9)41-53-33-49-37-56(64(4,5)6)38-50(60(49)72)34-54-42-58(66(10,11)12)40-52(32-48(36-55)59(47)71)62(54)74-29-15-19-68-22-26-70(27-23-68)44-46-17-13-16-45(30-46)43-69-24-20-67(21-25-69)18-14-28-73-61(51)53;1-2-26-4-3-25(1)35-21-17-31-13-9-29-11-15-33-19-23-37-27-5-7-28(8-6-27)38-24-20-34-16-12-30-10-14-32-18-22-36-26;;;;/h13,16-17,20-27,30,35-42H,14-15,18-19,28-29,31-34,43-44H2,1-12H3;1-8H,9-24H2;4*1H/q+2;;;;;/p-2. The average molecular weight is 1670 g/mol. The van der Waals surface area contributed by atoms with Crippen LogP contribution in [0.1, 0.15) is 174 Å². The minimum absolute atomic E-state index is 0. The smallest absolute Gasteiger partial charge is 0.233 e. The Hall–Kier alpha value is -7.98. The lowest BCUT2D eigenvalue weighted by Crippen LogP contribution is -3.00. The first-order valence-electron chi connectivity index (χ1n) is 40.2. The van der Waals surface area contributed by atoms with Crippen molar-refractivity contribution in [1.29, 1.82) is 0 Å². The van der Waals surface area contributed by atoms with Gasteiger partial charge in [0, 0.05) is 49.7 Å². The SMILES string of the molecule is CC(C)(C)c1cc2c(O)c(c1)Cc1cc(C(C)(C)C)cc3c1OCCC[n+]1cc[n+](cc1)Cc1cccc(c1)C[n+]1cc[n+](cc1)CCCOc1c(cc(C(C)(C)C)cc1Cc1cc(C(C)(C)C)cc(c1O)C3)C2.[Cl-].[Cl-].[Cl-].[Cl-].c1cc2ccc1OCCOCCOCCOCCOc1ccc(cc1)OCCOCCOCCOCCO2. The fourth-order valence-corrected chi connectivity index (χ4v) is 13.7. The van der Waals surface area contributed by atoms with Gasteiger partial charge in [-0.05, 0) is 143 Å². The first kappa shape index (κ1) is 95.2. The van der Waals surface area contributed by atoms with Crippen LogP contribution >= 0.6 is 0 Å². The van der Waals surface area contributed by atoms with Crippen LogP contribution in [0.2, 0.25) is 0 Å². The molecule has 20 rings (SSSR count).